The molecule has 6 heteroatoms. The normalized spacial score (nSPS) is 18.2. The van der Waals surface area contributed by atoms with Crippen molar-refractivity contribution in [1.82, 2.24) is 20.0 Å². The highest BCUT2D eigenvalue weighted by molar-refractivity contribution is 6.30. The Labute approximate surface area is 148 Å². The Morgan fingerprint density at radius 3 is 2.29 bits per heavy atom. The van der Waals surface area contributed by atoms with Gasteiger partial charge in [-0.05, 0) is 24.6 Å². The zero-order valence-corrected chi connectivity index (χ0v) is 15.3. The maximum atomic E-state index is 5.98. The van der Waals surface area contributed by atoms with Crippen molar-refractivity contribution in [2.24, 2.45) is 0 Å². The fourth-order valence-electron chi connectivity index (χ4n) is 3.02. The van der Waals surface area contributed by atoms with Gasteiger partial charge in [0.05, 0.1) is 6.54 Å². The van der Waals surface area contributed by atoms with Crippen LogP contribution in [0, 0.1) is 0 Å². The molecule has 3 rings (SSSR count). The van der Waals surface area contributed by atoms with Crippen LogP contribution < -0.4 is 0 Å². The van der Waals surface area contributed by atoms with E-state index in [1.807, 2.05) is 12.1 Å². The smallest absolute Gasteiger partial charge is 0.230 e. The van der Waals surface area contributed by atoms with Gasteiger partial charge in [0, 0.05) is 43.2 Å². The third-order valence-corrected chi connectivity index (χ3v) is 4.89. The lowest BCUT2D eigenvalue weighted by molar-refractivity contribution is 0.0917. The molecule has 1 aromatic heterocycles. The summed E-state index contributed by atoms with van der Waals surface area (Å²) in [4.78, 5) is 4.88. The number of aromatic nitrogens is 2. The van der Waals surface area contributed by atoms with Crippen molar-refractivity contribution in [3.63, 3.8) is 0 Å². The van der Waals surface area contributed by atoms with Crippen LogP contribution in [0.25, 0.3) is 0 Å². The summed E-state index contributed by atoms with van der Waals surface area (Å²) in [5.41, 5.74) is 1.31. The summed E-state index contributed by atoms with van der Waals surface area (Å²) in [5.74, 6) is 1.72. The standard InChI is InChI=1S/C18H25ClN4O/c1-13(2)18-21-20-17(24-18)12-22-8-10-23(11-9-22)14(3)15-4-6-16(19)7-5-15/h4-7,13-14H,8-12H2,1-3H3. The molecule has 0 radical (unpaired) electrons. The lowest BCUT2D eigenvalue weighted by Gasteiger charge is -2.37. The second-order valence-electron chi connectivity index (χ2n) is 6.73. The van der Waals surface area contributed by atoms with Crippen LogP contribution in [0.15, 0.2) is 28.7 Å². The summed E-state index contributed by atoms with van der Waals surface area (Å²) >= 11 is 5.98. The maximum Gasteiger partial charge on any atom is 0.230 e. The second kappa shape index (κ2) is 7.64. The highest BCUT2D eigenvalue weighted by atomic mass is 35.5. The molecule has 1 saturated heterocycles. The first-order valence-corrected chi connectivity index (χ1v) is 8.95. The van der Waals surface area contributed by atoms with E-state index in [2.05, 4.69) is 52.9 Å². The van der Waals surface area contributed by atoms with E-state index in [1.54, 1.807) is 0 Å². The first-order valence-electron chi connectivity index (χ1n) is 8.57. The molecule has 2 aromatic rings. The number of rotatable bonds is 5. The number of hydrogen-bond donors (Lipinski definition) is 0. The first-order chi connectivity index (χ1) is 11.5. The third kappa shape index (κ3) is 4.15. The molecule has 1 aliphatic rings. The van der Waals surface area contributed by atoms with Gasteiger partial charge in [-0.15, -0.1) is 10.2 Å². The molecule has 5 nitrogen and oxygen atoms in total. The predicted molar refractivity (Wildman–Crippen MR) is 95.1 cm³/mol. The lowest BCUT2D eigenvalue weighted by atomic mass is 10.1. The Balaban J connectivity index is 1.52. The average Bonchev–Trinajstić information content (AvgIpc) is 3.04. The summed E-state index contributed by atoms with van der Waals surface area (Å²) < 4.78 is 5.71. The summed E-state index contributed by atoms with van der Waals surface area (Å²) in [7, 11) is 0. The molecule has 0 bridgehead atoms. The van der Waals surface area contributed by atoms with Crippen molar-refractivity contribution in [2.75, 3.05) is 26.2 Å². The minimum Gasteiger partial charge on any atom is -0.424 e. The van der Waals surface area contributed by atoms with Crippen molar-refractivity contribution < 1.29 is 4.42 Å². The molecule has 2 heterocycles. The summed E-state index contributed by atoms with van der Waals surface area (Å²) in [6.07, 6.45) is 0. The third-order valence-electron chi connectivity index (χ3n) is 4.64. The number of halogens is 1. The molecule has 1 atom stereocenters. The Bertz CT molecular complexity index is 647. The van der Waals surface area contributed by atoms with Crippen molar-refractivity contribution in [3.8, 4) is 0 Å². The van der Waals surface area contributed by atoms with Crippen LogP contribution in [0.3, 0.4) is 0 Å². The fraction of sp³-hybridized carbons (Fsp3) is 0.556. The Kier molecular flexibility index (Phi) is 5.54. The SMILES string of the molecule is CC(C)c1nnc(CN2CCN(C(C)c3ccc(Cl)cc3)CC2)o1. The molecule has 0 saturated carbocycles. The quantitative estimate of drug-likeness (QED) is 0.824. The Morgan fingerprint density at radius 1 is 1.04 bits per heavy atom. The van der Waals surface area contributed by atoms with Gasteiger partial charge in [-0.3, -0.25) is 9.80 Å². The Hall–Kier alpha value is -1.43. The molecule has 0 amide bonds. The van der Waals surface area contributed by atoms with E-state index in [9.17, 15) is 0 Å². The molecule has 0 N–H and O–H groups in total. The van der Waals surface area contributed by atoms with Gasteiger partial charge in [-0.25, -0.2) is 0 Å². The van der Waals surface area contributed by atoms with Crippen LogP contribution >= 0.6 is 11.6 Å². The number of piperazine rings is 1. The number of hydrogen-bond acceptors (Lipinski definition) is 5. The van der Waals surface area contributed by atoms with Crippen LogP contribution in [0.1, 0.15) is 50.1 Å². The van der Waals surface area contributed by atoms with Crippen LogP contribution in [0.2, 0.25) is 5.02 Å². The van der Waals surface area contributed by atoms with E-state index in [-0.39, 0.29) is 5.92 Å². The largest absolute Gasteiger partial charge is 0.424 e. The van der Waals surface area contributed by atoms with Crippen LogP contribution in [-0.2, 0) is 6.54 Å². The summed E-state index contributed by atoms with van der Waals surface area (Å²) in [6, 6.07) is 8.56. The Morgan fingerprint density at radius 2 is 1.71 bits per heavy atom. The average molecular weight is 349 g/mol. The molecule has 0 aliphatic carbocycles. The van der Waals surface area contributed by atoms with E-state index in [0.29, 0.717) is 6.04 Å². The monoisotopic (exact) mass is 348 g/mol. The molecule has 1 aliphatic heterocycles. The molecule has 0 spiro atoms. The molecule has 1 unspecified atom stereocenters. The van der Waals surface area contributed by atoms with Gasteiger partial charge in [0.15, 0.2) is 0 Å². The van der Waals surface area contributed by atoms with Crippen molar-refractivity contribution >= 4 is 11.6 Å². The van der Waals surface area contributed by atoms with E-state index < -0.39 is 0 Å². The first kappa shape index (κ1) is 17.4. The van der Waals surface area contributed by atoms with Crippen molar-refractivity contribution in [1.29, 1.82) is 0 Å². The van der Waals surface area contributed by atoms with E-state index in [0.717, 1.165) is 49.5 Å². The van der Waals surface area contributed by atoms with Gasteiger partial charge in [-0.1, -0.05) is 37.6 Å². The molecule has 24 heavy (non-hydrogen) atoms. The molecular formula is C18H25ClN4O. The summed E-state index contributed by atoms with van der Waals surface area (Å²) in [6.45, 7) is 11.2. The maximum absolute atomic E-state index is 5.98. The number of benzene rings is 1. The van der Waals surface area contributed by atoms with Crippen molar-refractivity contribution in [3.05, 3.63) is 46.6 Å². The van der Waals surface area contributed by atoms with Gasteiger partial charge in [-0.2, -0.15) is 0 Å². The number of nitrogens with zero attached hydrogens (tertiary/aromatic N) is 4. The van der Waals surface area contributed by atoms with Crippen LogP contribution in [-0.4, -0.2) is 46.2 Å². The molecular weight excluding hydrogens is 324 g/mol. The fourth-order valence-corrected chi connectivity index (χ4v) is 3.14. The van der Waals surface area contributed by atoms with Crippen LogP contribution in [0.5, 0.6) is 0 Å². The molecule has 1 fully saturated rings. The molecule has 130 valence electrons. The van der Waals surface area contributed by atoms with Crippen LogP contribution in [0.4, 0.5) is 0 Å². The minimum atomic E-state index is 0.281. The van der Waals surface area contributed by atoms with Gasteiger partial charge in [0.2, 0.25) is 11.8 Å². The second-order valence-corrected chi connectivity index (χ2v) is 7.16. The molecule has 1 aromatic carbocycles. The van der Waals surface area contributed by atoms with Crippen molar-refractivity contribution in [2.45, 2.75) is 39.3 Å². The zero-order valence-electron chi connectivity index (χ0n) is 14.6. The van der Waals surface area contributed by atoms with E-state index >= 15 is 0 Å². The van der Waals surface area contributed by atoms with Gasteiger partial charge in [0.1, 0.15) is 0 Å². The van der Waals surface area contributed by atoms with E-state index in [1.165, 1.54) is 5.56 Å². The van der Waals surface area contributed by atoms with E-state index in [4.69, 9.17) is 16.0 Å². The summed E-state index contributed by atoms with van der Waals surface area (Å²) in [5, 5.41) is 9.05. The van der Waals surface area contributed by atoms with Gasteiger partial charge < -0.3 is 4.42 Å². The van der Waals surface area contributed by atoms with Gasteiger partial charge >= 0.3 is 0 Å². The highest BCUT2D eigenvalue weighted by Crippen LogP contribution is 2.23. The zero-order chi connectivity index (χ0) is 17.1. The minimum absolute atomic E-state index is 0.281. The predicted octanol–water partition coefficient (Wildman–Crippen LogP) is 3.73. The van der Waals surface area contributed by atoms with Gasteiger partial charge in [0.25, 0.3) is 0 Å². The highest BCUT2D eigenvalue weighted by Gasteiger charge is 2.23. The topological polar surface area (TPSA) is 45.4 Å². The lowest BCUT2D eigenvalue weighted by Crippen LogP contribution is -2.46.